The molecule has 6 nitrogen and oxygen atoms in total. The van der Waals surface area contributed by atoms with Crippen molar-refractivity contribution in [3.63, 3.8) is 0 Å². The van der Waals surface area contributed by atoms with Crippen LogP contribution in [0.4, 0.5) is 18.9 Å². The second-order valence-electron chi connectivity index (χ2n) is 5.75. The third-order valence-electron chi connectivity index (χ3n) is 4.05. The lowest BCUT2D eigenvalue weighted by atomic mass is 9.98. The van der Waals surface area contributed by atoms with Gasteiger partial charge in [0.2, 0.25) is 5.89 Å². The summed E-state index contributed by atoms with van der Waals surface area (Å²) in [4.78, 5) is 11.0. The summed E-state index contributed by atoms with van der Waals surface area (Å²) in [6.07, 6.45) is -2.63. The molecule has 1 aliphatic rings. The van der Waals surface area contributed by atoms with Crippen molar-refractivity contribution in [3.8, 4) is 11.5 Å². The van der Waals surface area contributed by atoms with Crippen LogP contribution in [0.2, 0.25) is 0 Å². The van der Waals surface area contributed by atoms with E-state index < -0.39 is 17.5 Å². The molecule has 10 heteroatoms. The van der Waals surface area contributed by atoms with Gasteiger partial charge < -0.3 is 15.1 Å². The van der Waals surface area contributed by atoms with Crippen LogP contribution in [0.25, 0.3) is 11.5 Å². The molecule has 0 saturated carbocycles. The number of aromatic amines is 1. The standard InChI is InChI=1S/C15H17F3N4O2.ClH/c16-15(17,18)11-2-1-10(13-21-22-14(23)24-13)7-12(11)20-8-9-3-5-19-6-4-9;/h1-2,7,9,19-20H,3-6,8H2,(H,22,23);1H. The maximum atomic E-state index is 13.2. The minimum atomic E-state index is -4.47. The van der Waals surface area contributed by atoms with E-state index in [1.807, 2.05) is 0 Å². The fraction of sp³-hybridized carbons (Fsp3) is 0.467. The van der Waals surface area contributed by atoms with Crippen molar-refractivity contribution in [2.24, 2.45) is 5.92 Å². The van der Waals surface area contributed by atoms with Crippen molar-refractivity contribution >= 4 is 18.1 Å². The molecule has 2 heterocycles. The number of nitrogens with one attached hydrogen (secondary N) is 3. The van der Waals surface area contributed by atoms with Crippen LogP contribution in [-0.2, 0) is 6.18 Å². The smallest absolute Gasteiger partial charge is 0.388 e. The monoisotopic (exact) mass is 378 g/mol. The number of aromatic nitrogens is 2. The third kappa shape index (κ3) is 4.76. The molecule has 0 unspecified atom stereocenters. The van der Waals surface area contributed by atoms with Gasteiger partial charge in [-0.3, -0.25) is 0 Å². The molecule has 1 aromatic heterocycles. The Labute approximate surface area is 147 Å². The average molecular weight is 379 g/mol. The molecule has 3 N–H and O–H groups in total. The van der Waals surface area contributed by atoms with E-state index >= 15 is 0 Å². The zero-order valence-electron chi connectivity index (χ0n) is 13.2. The number of nitrogens with zero attached hydrogens (tertiary/aromatic N) is 1. The number of hydrogen-bond acceptors (Lipinski definition) is 5. The van der Waals surface area contributed by atoms with Crippen LogP contribution in [0.5, 0.6) is 0 Å². The van der Waals surface area contributed by atoms with Crippen molar-refractivity contribution in [1.29, 1.82) is 0 Å². The lowest BCUT2D eigenvalue weighted by Gasteiger charge is -2.24. The topological polar surface area (TPSA) is 83.0 Å². The number of halogens is 4. The first-order valence-electron chi connectivity index (χ1n) is 7.65. The summed E-state index contributed by atoms with van der Waals surface area (Å²) in [7, 11) is 0. The molecular formula is C15H18ClF3N4O2. The minimum Gasteiger partial charge on any atom is -0.388 e. The van der Waals surface area contributed by atoms with Crippen LogP contribution in [0.1, 0.15) is 18.4 Å². The van der Waals surface area contributed by atoms with Gasteiger partial charge in [0.05, 0.1) is 5.56 Å². The maximum absolute atomic E-state index is 13.2. The Balaban J connectivity index is 0.00000225. The molecule has 0 atom stereocenters. The van der Waals surface area contributed by atoms with E-state index in [1.165, 1.54) is 12.1 Å². The first-order chi connectivity index (χ1) is 11.4. The molecule has 0 spiro atoms. The molecule has 0 aliphatic carbocycles. The van der Waals surface area contributed by atoms with Gasteiger partial charge >= 0.3 is 11.9 Å². The Bertz CT molecular complexity index is 754. The second kappa shape index (κ2) is 7.92. The summed E-state index contributed by atoms with van der Waals surface area (Å²) in [5, 5.41) is 11.9. The van der Waals surface area contributed by atoms with Crippen LogP contribution in [0, 0.1) is 5.92 Å². The van der Waals surface area contributed by atoms with Gasteiger partial charge in [0.15, 0.2) is 0 Å². The van der Waals surface area contributed by atoms with E-state index in [0.29, 0.717) is 18.0 Å². The van der Waals surface area contributed by atoms with Gasteiger partial charge in [-0.1, -0.05) is 0 Å². The molecule has 2 aromatic rings. The Kier molecular flexibility index (Phi) is 6.12. The molecule has 1 fully saturated rings. The normalized spacial score (nSPS) is 15.6. The van der Waals surface area contributed by atoms with E-state index in [2.05, 4.69) is 20.8 Å². The average Bonchev–Trinajstić information content (AvgIpc) is 2.99. The first kappa shape index (κ1) is 19.3. The zero-order valence-corrected chi connectivity index (χ0v) is 14.0. The first-order valence-corrected chi connectivity index (χ1v) is 7.65. The van der Waals surface area contributed by atoms with Crippen molar-refractivity contribution in [2.75, 3.05) is 25.0 Å². The van der Waals surface area contributed by atoms with E-state index in [9.17, 15) is 18.0 Å². The van der Waals surface area contributed by atoms with Crippen molar-refractivity contribution in [2.45, 2.75) is 19.0 Å². The van der Waals surface area contributed by atoms with E-state index in [0.717, 1.165) is 32.0 Å². The van der Waals surface area contributed by atoms with Crippen LogP contribution in [0.15, 0.2) is 27.4 Å². The zero-order chi connectivity index (χ0) is 17.2. The molecule has 0 amide bonds. The Morgan fingerprint density at radius 1 is 1.28 bits per heavy atom. The van der Waals surface area contributed by atoms with Gasteiger partial charge in [-0.2, -0.15) is 13.2 Å². The van der Waals surface area contributed by atoms with Crippen LogP contribution in [0.3, 0.4) is 0 Å². The van der Waals surface area contributed by atoms with E-state index in [1.54, 1.807) is 0 Å². The fourth-order valence-corrected chi connectivity index (χ4v) is 2.76. The molecule has 1 aliphatic heterocycles. The van der Waals surface area contributed by atoms with E-state index in [-0.39, 0.29) is 24.0 Å². The molecule has 3 rings (SSSR count). The predicted molar refractivity (Wildman–Crippen MR) is 88.9 cm³/mol. The molecule has 0 bridgehead atoms. The number of H-pyrrole nitrogens is 1. The third-order valence-corrected chi connectivity index (χ3v) is 4.05. The van der Waals surface area contributed by atoms with Gasteiger partial charge in [0.25, 0.3) is 0 Å². The van der Waals surface area contributed by atoms with Crippen molar-refractivity contribution < 1.29 is 17.6 Å². The van der Waals surface area contributed by atoms with Crippen LogP contribution < -0.4 is 16.4 Å². The molecule has 1 saturated heterocycles. The number of anilines is 1. The summed E-state index contributed by atoms with van der Waals surface area (Å²) < 4.78 is 44.4. The largest absolute Gasteiger partial charge is 0.434 e. The van der Waals surface area contributed by atoms with Gasteiger partial charge in [0, 0.05) is 17.8 Å². The second-order valence-corrected chi connectivity index (χ2v) is 5.75. The van der Waals surface area contributed by atoms with Crippen LogP contribution in [-0.4, -0.2) is 29.8 Å². The summed E-state index contributed by atoms with van der Waals surface area (Å²) in [5.74, 6) is -0.480. The van der Waals surface area contributed by atoms with E-state index in [4.69, 9.17) is 4.42 Å². The number of piperidine rings is 1. The SMILES string of the molecule is Cl.O=c1[nH]nc(-c2ccc(C(F)(F)F)c(NCC3CCNCC3)c2)o1. The summed E-state index contributed by atoms with van der Waals surface area (Å²) in [6.45, 7) is 2.20. The van der Waals surface area contributed by atoms with Crippen molar-refractivity contribution in [3.05, 3.63) is 34.3 Å². The maximum Gasteiger partial charge on any atom is 0.434 e. The molecule has 25 heavy (non-hydrogen) atoms. The van der Waals surface area contributed by atoms with Gasteiger partial charge in [-0.15, -0.1) is 17.5 Å². The highest BCUT2D eigenvalue weighted by Crippen LogP contribution is 2.37. The van der Waals surface area contributed by atoms with Crippen molar-refractivity contribution in [1.82, 2.24) is 15.5 Å². The quantitative estimate of drug-likeness (QED) is 0.762. The van der Waals surface area contributed by atoms with Gasteiger partial charge in [-0.05, 0) is 50.0 Å². The Hall–Kier alpha value is -2.00. The summed E-state index contributed by atoms with van der Waals surface area (Å²) in [6, 6.07) is 3.51. The van der Waals surface area contributed by atoms with Gasteiger partial charge in [-0.25, -0.2) is 9.89 Å². The Morgan fingerprint density at radius 3 is 2.60 bits per heavy atom. The highest BCUT2D eigenvalue weighted by atomic mass is 35.5. The summed E-state index contributed by atoms with van der Waals surface area (Å²) in [5.41, 5.74) is -0.489. The highest BCUT2D eigenvalue weighted by molar-refractivity contribution is 5.85. The Morgan fingerprint density at radius 2 is 2.00 bits per heavy atom. The highest BCUT2D eigenvalue weighted by Gasteiger charge is 2.34. The fourth-order valence-electron chi connectivity index (χ4n) is 2.76. The number of rotatable bonds is 4. The number of hydrogen-bond donors (Lipinski definition) is 3. The number of benzene rings is 1. The lowest BCUT2D eigenvalue weighted by Crippen LogP contribution is -2.31. The predicted octanol–water partition coefficient (Wildman–Crippen LogP) is 2.88. The molecule has 0 radical (unpaired) electrons. The van der Waals surface area contributed by atoms with Gasteiger partial charge in [0.1, 0.15) is 0 Å². The summed E-state index contributed by atoms with van der Waals surface area (Å²) >= 11 is 0. The molecular weight excluding hydrogens is 361 g/mol. The lowest BCUT2D eigenvalue weighted by molar-refractivity contribution is -0.136. The number of alkyl halides is 3. The molecule has 1 aromatic carbocycles. The minimum absolute atomic E-state index is 0. The molecule has 138 valence electrons. The van der Waals surface area contributed by atoms with Crippen LogP contribution >= 0.6 is 12.4 Å².